The van der Waals surface area contributed by atoms with E-state index in [0.717, 1.165) is 4.90 Å². The van der Waals surface area contributed by atoms with E-state index in [9.17, 15) is 19.5 Å². The van der Waals surface area contributed by atoms with Gasteiger partial charge in [-0.3, -0.25) is 14.9 Å². The Bertz CT molecular complexity index is 988. The average Bonchev–Trinajstić information content (AvgIpc) is 2.62. The Balaban J connectivity index is 2.04. The van der Waals surface area contributed by atoms with Crippen LogP contribution in [0, 0.1) is 0 Å². The molecule has 1 aliphatic heterocycles. The molecule has 0 radical (unpaired) electrons. The monoisotopic (exact) mass is 450 g/mol. The summed E-state index contributed by atoms with van der Waals surface area (Å²) in [4.78, 5) is 38.0. The maximum Gasteiger partial charge on any atom is 0.335 e. The normalized spacial score (nSPS) is 15.9. The fourth-order valence-corrected chi connectivity index (χ4v) is 3.07. The quantitative estimate of drug-likeness (QED) is 0.550. The topological polar surface area (TPSA) is 95.9 Å². The van der Waals surface area contributed by atoms with Gasteiger partial charge in [-0.05, 0) is 64.0 Å². The number of carbonyl (C=O) groups is 3. The molecule has 0 atom stereocenters. The molecule has 27 heavy (non-hydrogen) atoms. The van der Waals surface area contributed by atoms with Crippen LogP contribution in [0.3, 0.4) is 0 Å². The van der Waals surface area contributed by atoms with Crippen molar-refractivity contribution in [2.45, 2.75) is 0 Å². The van der Waals surface area contributed by atoms with Gasteiger partial charge in [0, 0.05) is 5.02 Å². The van der Waals surface area contributed by atoms with Crippen LogP contribution in [0.1, 0.15) is 5.56 Å². The molecule has 3 rings (SSSR count). The molecule has 0 saturated carbocycles. The van der Waals surface area contributed by atoms with Gasteiger partial charge in [-0.2, -0.15) is 0 Å². The Morgan fingerprint density at radius 1 is 1.19 bits per heavy atom. The summed E-state index contributed by atoms with van der Waals surface area (Å²) in [5.74, 6) is -1.56. The van der Waals surface area contributed by atoms with Crippen LogP contribution in [0.5, 0.6) is 11.5 Å². The molecule has 7 nitrogen and oxygen atoms in total. The third-order valence-electron chi connectivity index (χ3n) is 3.77. The number of methoxy groups -OCH3 is 1. The molecule has 2 aromatic rings. The van der Waals surface area contributed by atoms with Gasteiger partial charge in [0.15, 0.2) is 11.5 Å². The van der Waals surface area contributed by atoms with E-state index >= 15 is 0 Å². The van der Waals surface area contributed by atoms with E-state index in [4.69, 9.17) is 16.3 Å². The van der Waals surface area contributed by atoms with Crippen molar-refractivity contribution in [3.05, 3.63) is 57.0 Å². The third-order valence-corrected chi connectivity index (χ3v) is 4.62. The van der Waals surface area contributed by atoms with Crippen LogP contribution in [0.25, 0.3) is 6.08 Å². The number of halogens is 2. The first-order valence-electron chi connectivity index (χ1n) is 7.55. The van der Waals surface area contributed by atoms with Gasteiger partial charge in [0.2, 0.25) is 0 Å². The van der Waals surface area contributed by atoms with Crippen LogP contribution in [0.15, 0.2) is 46.4 Å². The number of urea groups is 1. The molecule has 1 saturated heterocycles. The lowest BCUT2D eigenvalue weighted by Gasteiger charge is -2.26. The zero-order valence-corrected chi connectivity index (χ0v) is 16.2. The molecule has 0 bridgehead atoms. The van der Waals surface area contributed by atoms with Gasteiger partial charge in [0.1, 0.15) is 5.57 Å². The van der Waals surface area contributed by atoms with Crippen molar-refractivity contribution >= 4 is 57.1 Å². The smallest absolute Gasteiger partial charge is 0.335 e. The summed E-state index contributed by atoms with van der Waals surface area (Å²) in [7, 11) is 1.37. The first-order chi connectivity index (χ1) is 12.8. The maximum absolute atomic E-state index is 12.8. The van der Waals surface area contributed by atoms with Crippen LogP contribution in [-0.2, 0) is 9.59 Å². The van der Waals surface area contributed by atoms with Crippen molar-refractivity contribution in [2.24, 2.45) is 0 Å². The van der Waals surface area contributed by atoms with Gasteiger partial charge in [-0.1, -0.05) is 11.6 Å². The van der Waals surface area contributed by atoms with Gasteiger partial charge in [-0.25, -0.2) is 9.69 Å². The molecule has 1 heterocycles. The van der Waals surface area contributed by atoms with Crippen LogP contribution in [0.2, 0.25) is 5.02 Å². The van der Waals surface area contributed by atoms with Crippen molar-refractivity contribution in [1.29, 1.82) is 0 Å². The minimum atomic E-state index is -0.853. The second-order valence-corrected chi connectivity index (χ2v) is 6.78. The van der Waals surface area contributed by atoms with Crippen LogP contribution in [-0.4, -0.2) is 30.1 Å². The Kier molecular flexibility index (Phi) is 5.20. The van der Waals surface area contributed by atoms with E-state index in [1.165, 1.54) is 49.6 Å². The Hall–Kier alpha value is -2.84. The molecular weight excluding hydrogens is 440 g/mol. The molecule has 2 aromatic carbocycles. The number of hydrogen-bond acceptors (Lipinski definition) is 5. The molecule has 1 fully saturated rings. The highest BCUT2D eigenvalue weighted by molar-refractivity contribution is 9.10. The standard InChI is InChI=1S/C18H12BrClN2O5/c1-27-14-8-9(7-13(19)15(14)23)6-12-16(24)21-18(26)22(17(12)25)11-4-2-10(20)3-5-11/h2-8,23H,1H3,(H,21,24,26)/b12-6-. The Morgan fingerprint density at radius 3 is 2.48 bits per heavy atom. The maximum atomic E-state index is 12.8. The molecule has 9 heteroatoms. The minimum Gasteiger partial charge on any atom is -0.503 e. The van der Waals surface area contributed by atoms with Gasteiger partial charge in [0.05, 0.1) is 17.3 Å². The number of benzene rings is 2. The number of aromatic hydroxyl groups is 1. The predicted octanol–water partition coefficient (Wildman–Crippen LogP) is 3.48. The van der Waals surface area contributed by atoms with E-state index in [-0.39, 0.29) is 22.8 Å². The number of nitrogens with one attached hydrogen (secondary N) is 1. The molecule has 0 aromatic heterocycles. The SMILES string of the molecule is COc1cc(/C=C2/C(=O)NC(=O)N(c3ccc(Cl)cc3)C2=O)cc(Br)c1O. The third kappa shape index (κ3) is 3.67. The Morgan fingerprint density at radius 2 is 1.85 bits per heavy atom. The minimum absolute atomic E-state index is 0.114. The molecule has 4 amide bonds. The summed E-state index contributed by atoms with van der Waals surface area (Å²) in [5, 5.41) is 12.4. The summed E-state index contributed by atoms with van der Waals surface area (Å²) in [6.45, 7) is 0. The number of rotatable bonds is 3. The second kappa shape index (κ2) is 7.42. The highest BCUT2D eigenvalue weighted by Crippen LogP contribution is 2.36. The number of carbonyl (C=O) groups excluding carboxylic acids is 3. The summed E-state index contributed by atoms with van der Waals surface area (Å²) < 4.78 is 5.38. The van der Waals surface area contributed by atoms with E-state index in [1.807, 2.05) is 0 Å². The zero-order chi connectivity index (χ0) is 19.7. The molecule has 0 unspecified atom stereocenters. The highest BCUT2D eigenvalue weighted by atomic mass is 79.9. The number of anilines is 1. The van der Waals surface area contributed by atoms with E-state index in [2.05, 4.69) is 21.2 Å². The molecule has 0 spiro atoms. The van der Waals surface area contributed by atoms with Crippen molar-refractivity contribution in [3.63, 3.8) is 0 Å². The fraction of sp³-hybridized carbons (Fsp3) is 0.0556. The van der Waals surface area contributed by atoms with Crippen LogP contribution in [0.4, 0.5) is 10.5 Å². The first-order valence-corrected chi connectivity index (χ1v) is 8.72. The van der Waals surface area contributed by atoms with E-state index in [0.29, 0.717) is 15.1 Å². The number of imide groups is 2. The number of ether oxygens (including phenoxy) is 1. The van der Waals surface area contributed by atoms with Gasteiger partial charge in [0.25, 0.3) is 11.8 Å². The van der Waals surface area contributed by atoms with Crippen molar-refractivity contribution < 1.29 is 24.2 Å². The summed E-state index contributed by atoms with van der Waals surface area (Å²) >= 11 is 9.01. The summed E-state index contributed by atoms with van der Waals surface area (Å²) in [6, 6.07) is 8.15. The van der Waals surface area contributed by atoms with Crippen molar-refractivity contribution in [3.8, 4) is 11.5 Å². The van der Waals surface area contributed by atoms with Gasteiger partial charge in [-0.15, -0.1) is 0 Å². The first kappa shape index (κ1) is 18.9. The number of barbiturate groups is 1. The average molecular weight is 452 g/mol. The zero-order valence-electron chi connectivity index (χ0n) is 13.8. The lowest BCUT2D eigenvalue weighted by molar-refractivity contribution is -0.122. The van der Waals surface area contributed by atoms with Crippen molar-refractivity contribution in [2.75, 3.05) is 12.0 Å². The van der Waals surface area contributed by atoms with E-state index < -0.39 is 17.8 Å². The lowest BCUT2D eigenvalue weighted by Crippen LogP contribution is -2.54. The molecule has 138 valence electrons. The van der Waals surface area contributed by atoms with Gasteiger partial charge < -0.3 is 9.84 Å². The van der Waals surface area contributed by atoms with Crippen molar-refractivity contribution in [1.82, 2.24) is 5.32 Å². The highest BCUT2D eigenvalue weighted by Gasteiger charge is 2.36. The molecule has 2 N–H and O–H groups in total. The van der Waals surface area contributed by atoms with E-state index in [1.54, 1.807) is 0 Å². The van der Waals surface area contributed by atoms with Crippen LogP contribution < -0.4 is 15.0 Å². The number of phenols is 1. The second-order valence-electron chi connectivity index (χ2n) is 5.49. The number of phenolic OH excluding ortho intramolecular Hbond substituents is 1. The number of hydrogen-bond donors (Lipinski definition) is 2. The summed E-state index contributed by atoms with van der Waals surface area (Å²) in [5.41, 5.74) is 0.439. The largest absolute Gasteiger partial charge is 0.503 e. The molecule has 1 aliphatic rings. The number of nitrogens with zero attached hydrogens (tertiary/aromatic N) is 1. The molecule has 0 aliphatic carbocycles. The molecular formula is C18H12BrClN2O5. The fourth-order valence-electron chi connectivity index (χ4n) is 2.48. The lowest BCUT2D eigenvalue weighted by atomic mass is 10.1. The predicted molar refractivity (Wildman–Crippen MR) is 103 cm³/mol. The summed E-state index contributed by atoms with van der Waals surface area (Å²) in [6.07, 6.45) is 1.31. The Labute approximate surface area is 167 Å². The van der Waals surface area contributed by atoms with Crippen LogP contribution >= 0.6 is 27.5 Å². The van der Waals surface area contributed by atoms with Gasteiger partial charge >= 0.3 is 6.03 Å². The number of amides is 4.